The Labute approximate surface area is 108 Å². The van der Waals surface area contributed by atoms with Gasteiger partial charge < -0.3 is 10.5 Å². The molecule has 2 aromatic rings. The molecular formula is C14H11F2NO2. The van der Waals surface area contributed by atoms with E-state index in [-0.39, 0.29) is 23.7 Å². The van der Waals surface area contributed by atoms with Gasteiger partial charge >= 0.3 is 0 Å². The van der Waals surface area contributed by atoms with E-state index in [2.05, 4.69) is 0 Å². The van der Waals surface area contributed by atoms with Crippen LogP contribution in [0.3, 0.4) is 0 Å². The average Bonchev–Trinajstić information content (AvgIpc) is 2.37. The Balaban J connectivity index is 2.06. The van der Waals surface area contributed by atoms with Crippen molar-refractivity contribution in [3.63, 3.8) is 0 Å². The molecule has 0 aliphatic carbocycles. The number of ether oxygens (including phenoxy) is 1. The molecule has 3 nitrogen and oxygen atoms in total. The van der Waals surface area contributed by atoms with Gasteiger partial charge in [-0.25, -0.2) is 8.78 Å². The van der Waals surface area contributed by atoms with E-state index in [1.165, 1.54) is 24.3 Å². The molecule has 2 rings (SSSR count). The zero-order chi connectivity index (χ0) is 13.8. The highest BCUT2D eigenvalue weighted by Gasteiger charge is 2.09. The minimum Gasteiger partial charge on any atom is -0.489 e. The molecule has 0 saturated heterocycles. The van der Waals surface area contributed by atoms with Crippen molar-refractivity contribution in [1.29, 1.82) is 0 Å². The summed E-state index contributed by atoms with van der Waals surface area (Å²) >= 11 is 0. The summed E-state index contributed by atoms with van der Waals surface area (Å²) in [6.07, 6.45) is 0. The second-order valence-electron chi connectivity index (χ2n) is 3.92. The number of hydrogen-bond donors (Lipinski definition) is 1. The first-order chi connectivity index (χ1) is 9.06. The summed E-state index contributed by atoms with van der Waals surface area (Å²) in [6.45, 7) is 0.176. The van der Waals surface area contributed by atoms with Gasteiger partial charge in [0.2, 0.25) is 0 Å². The second-order valence-corrected chi connectivity index (χ2v) is 3.92. The minimum atomic E-state index is -0.831. The van der Waals surface area contributed by atoms with E-state index < -0.39 is 11.7 Å². The fourth-order valence-corrected chi connectivity index (χ4v) is 1.53. The van der Waals surface area contributed by atoms with E-state index in [0.717, 1.165) is 11.6 Å². The number of nitrogens with two attached hydrogens (primary N) is 1. The Hall–Kier alpha value is -2.43. The fourth-order valence-electron chi connectivity index (χ4n) is 1.53. The average molecular weight is 263 g/mol. The fraction of sp³-hybridized carbons (Fsp3) is 0.0714. The first-order valence-electron chi connectivity index (χ1n) is 5.53. The van der Waals surface area contributed by atoms with Crippen molar-refractivity contribution in [3.05, 3.63) is 65.2 Å². The highest BCUT2D eigenvalue weighted by Crippen LogP contribution is 2.17. The smallest absolute Gasteiger partial charge is 0.251 e. The lowest BCUT2D eigenvalue weighted by atomic mass is 10.2. The maximum absolute atomic E-state index is 13.4. The minimum absolute atomic E-state index is 0.176. The molecule has 0 unspecified atom stereocenters. The van der Waals surface area contributed by atoms with E-state index in [4.69, 9.17) is 10.5 Å². The molecule has 0 aromatic heterocycles. The van der Waals surface area contributed by atoms with Crippen LogP contribution in [-0.2, 0) is 6.61 Å². The van der Waals surface area contributed by atoms with Crippen LogP contribution in [0.5, 0.6) is 5.75 Å². The highest BCUT2D eigenvalue weighted by molar-refractivity contribution is 5.93. The number of carbonyl (C=O) groups excluding carboxylic acids is 1. The van der Waals surface area contributed by atoms with Crippen LogP contribution in [0.25, 0.3) is 0 Å². The first kappa shape index (κ1) is 13.0. The summed E-state index contributed by atoms with van der Waals surface area (Å²) in [5, 5.41) is 0. The summed E-state index contributed by atoms with van der Waals surface area (Å²) in [7, 11) is 0. The predicted octanol–water partition coefficient (Wildman–Crippen LogP) is 2.64. The lowest BCUT2D eigenvalue weighted by Gasteiger charge is -2.07. The molecule has 1 amide bonds. The van der Waals surface area contributed by atoms with Crippen LogP contribution in [-0.4, -0.2) is 5.91 Å². The lowest BCUT2D eigenvalue weighted by Crippen LogP contribution is -2.13. The van der Waals surface area contributed by atoms with E-state index in [1.54, 1.807) is 12.1 Å². The van der Waals surface area contributed by atoms with Crippen LogP contribution in [0.2, 0.25) is 0 Å². The van der Waals surface area contributed by atoms with Crippen LogP contribution in [0.4, 0.5) is 8.78 Å². The summed E-state index contributed by atoms with van der Waals surface area (Å²) < 4.78 is 31.5. The lowest BCUT2D eigenvalue weighted by molar-refractivity contribution is 0.0996. The molecule has 2 aromatic carbocycles. The number of hydrogen-bond acceptors (Lipinski definition) is 2. The van der Waals surface area contributed by atoms with E-state index >= 15 is 0 Å². The highest BCUT2D eigenvalue weighted by atomic mass is 19.1. The van der Waals surface area contributed by atoms with Gasteiger partial charge in [-0.2, -0.15) is 0 Å². The van der Waals surface area contributed by atoms with Gasteiger partial charge in [-0.3, -0.25) is 4.79 Å². The van der Waals surface area contributed by atoms with Crippen molar-refractivity contribution in [1.82, 2.24) is 0 Å². The van der Waals surface area contributed by atoms with Gasteiger partial charge in [-0.05, 0) is 29.8 Å². The van der Waals surface area contributed by atoms with Crippen molar-refractivity contribution >= 4 is 5.91 Å². The number of amides is 1. The van der Waals surface area contributed by atoms with Gasteiger partial charge in [0.15, 0.2) is 0 Å². The molecule has 0 spiro atoms. The number of benzene rings is 2. The van der Waals surface area contributed by atoms with Gasteiger partial charge in [0, 0.05) is 6.07 Å². The van der Waals surface area contributed by atoms with Crippen LogP contribution in [0, 0.1) is 11.6 Å². The van der Waals surface area contributed by atoms with E-state index in [9.17, 15) is 13.6 Å². The molecule has 0 saturated carbocycles. The Morgan fingerprint density at radius 3 is 2.37 bits per heavy atom. The monoisotopic (exact) mass is 263 g/mol. The summed E-state index contributed by atoms with van der Waals surface area (Å²) in [6, 6.07) is 9.58. The molecule has 0 bridgehead atoms. The Bertz CT molecular complexity index is 597. The van der Waals surface area contributed by atoms with Crippen LogP contribution < -0.4 is 10.5 Å². The van der Waals surface area contributed by atoms with Gasteiger partial charge in [0.05, 0.1) is 5.56 Å². The molecule has 0 atom stereocenters. The van der Waals surface area contributed by atoms with Gasteiger partial charge in [0.1, 0.15) is 24.0 Å². The molecule has 0 fully saturated rings. The van der Waals surface area contributed by atoms with E-state index in [1.807, 2.05) is 0 Å². The third-order valence-corrected chi connectivity index (χ3v) is 2.52. The molecule has 2 N–H and O–H groups in total. The SMILES string of the molecule is NC(=O)c1ccc(OCc2ccc(F)cc2)cc1F. The third kappa shape index (κ3) is 3.28. The van der Waals surface area contributed by atoms with Crippen LogP contribution >= 0.6 is 0 Å². The summed E-state index contributed by atoms with van der Waals surface area (Å²) in [4.78, 5) is 10.9. The molecular weight excluding hydrogens is 252 g/mol. The Kier molecular flexibility index (Phi) is 3.75. The number of rotatable bonds is 4. The van der Waals surface area contributed by atoms with Gasteiger partial charge in [0.25, 0.3) is 5.91 Å². The predicted molar refractivity (Wildman–Crippen MR) is 65.6 cm³/mol. The first-order valence-corrected chi connectivity index (χ1v) is 5.53. The van der Waals surface area contributed by atoms with Crippen molar-refractivity contribution < 1.29 is 18.3 Å². The van der Waals surface area contributed by atoms with Crippen molar-refractivity contribution in [2.75, 3.05) is 0 Å². The van der Waals surface area contributed by atoms with Crippen molar-refractivity contribution in [2.45, 2.75) is 6.61 Å². The molecule has 0 aliphatic heterocycles. The van der Waals surface area contributed by atoms with Crippen LogP contribution in [0.15, 0.2) is 42.5 Å². The maximum Gasteiger partial charge on any atom is 0.251 e. The number of carbonyl (C=O) groups is 1. The van der Waals surface area contributed by atoms with Gasteiger partial charge in [-0.1, -0.05) is 12.1 Å². The number of primary amides is 1. The number of halogens is 2. The normalized spacial score (nSPS) is 10.2. The molecule has 98 valence electrons. The van der Waals surface area contributed by atoms with E-state index in [0.29, 0.717) is 0 Å². The largest absolute Gasteiger partial charge is 0.489 e. The molecule has 0 heterocycles. The molecule has 0 radical (unpaired) electrons. The maximum atomic E-state index is 13.4. The molecule has 19 heavy (non-hydrogen) atoms. The zero-order valence-electron chi connectivity index (χ0n) is 9.90. The van der Waals surface area contributed by atoms with Gasteiger partial charge in [-0.15, -0.1) is 0 Å². The third-order valence-electron chi connectivity index (χ3n) is 2.52. The second kappa shape index (κ2) is 5.48. The molecule has 0 aliphatic rings. The Morgan fingerprint density at radius 2 is 1.79 bits per heavy atom. The summed E-state index contributed by atoms with van der Waals surface area (Å²) in [5.41, 5.74) is 5.55. The molecule has 5 heteroatoms. The Morgan fingerprint density at radius 1 is 1.11 bits per heavy atom. The zero-order valence-corrected chi connectivity index (χ0v) is 9.90. The standard InChI is InChI=1S/C14H11F2NO2/c15-10-3-1-9(2-4-10)8-19-11-5-6-12(14(17)18)13(16)7-11/h1-7H,8H2,(H2,17,18). The topological polar surface area (TPSA) is 52.3 Å². The summed E-state index contributed by atoms with van der Waals surface area (Å²) in [5.74, 6) is -1.63. The van der Waals surface area contributed by atoms with Crippen molar-refractivity contribution in [3.8, 4) is 5.75 Å². The van der Waals surface area contributed by atoms with Crippen molar-refractivity contribution in [2.24, 2.45) is 5.73 Å². The van der Waals surface area contributed by atoms with Crippen LogP contribution in [0.1, 0.15) is 15.9 Å². The quantitative estimate of drug-likeness (QED) is 0.921.